The lowest BCUT2D eigenvalue weighted by Crippen LogP contribution is -2.10. The summed E-state index contributed by atoms with van der Waals surface area (Å²) in [5, 5.41) is 0. The third-order valence-corrected chi connectivity index (χ3v) is 8.49. The Bertz CT molecular complexity index is 440. The van der Waals surface area contributed by atoms with E-state index < -0.39 is 7.82 Å². The van der Waals surface area contributed by atoms with Crippen molar-refractivity contribution in [1.82, 2.24) is 6.15 Å². The van der Waals surface area contributed by atoms with Crippen LogP contribution < -0.4 is 11.0 Å². The van der Waals surface area contributed by atoms with Crippen molar-refractivity contribution in [2.24, 2.45) is 0 Å². The van der Waals surface area contributed by atoms with Crippen LogP contribution in [0, 0.1) is 0 Å². The van der Waals surface area contributed by atoms with Gasteiger partial charge >= 0.3 is 0 Å². The molecule has 6 heteroatoms. The summed E-state index contributed by atoms with van der Waals surface area (Å²) in [6.07, 6.45) is 36.0. The summed E-state index contributed by atoms with van der Waals surface area (Å²) in [6, 6.07) is 0. The quantitative estimate of drug-likeness (QED) is 0.0650. The van der Waals surface area contributed by atoms with Crippen LogP contribution in [0.5, 0.6) is 0 Å². The zero-order chi connectivity index (χ0) is 27.1. The van der Waals surface area contributed by atoms with Crippen molar-refractivity contribution >= 4 is 7.82 Å². The van der Waals surface area contributed by atoms with Gasteiger partial charge in [-0.25, -0.2) is 0 Å². The highest BCUT2D eigenvalue weighted by Crippen LogP contribution is 2.38. The highest BCUT2D eigenvalue weighted by atomic mass is 31.2. The Morgan fingerprint density at radius 3 is 0.789 bits per heavy atom. The Morgan fingerprint density at radius 1 is 0.395 bits per heavy atom. The van der Waals surface area contributed by atoms with E-state index in [-0.39, 0.29) is 19.4 Å². The number of unbranched alkanes of at least 4 members (excludes halogenated alkanes) is 26. The molecule has 0 aromatic rings. The topological polar surface area (TPSA) is 95.1 Å². The zero-order valence-electron chi connectivity index (χ0n) is 26.3. The van der Waals surface area contributed by atoms with Gasteiger partial charge in [0.05, 0.1) is 13.2 Å². The molecule has 0 amide bonds. The Hall–Kier alpha value is 0.0700. The van der Waals surface area contributed by atoms with Crippen molar-refractivity contribution in [3.05, 3.63) is 0 Å². The average Bonchev–Trinajstić information content (AvgIpc) is 2.88. The summed E-state index contributed by atoms with van der Waals surface area (Å²) in [4.78, 5) is 11.9. The first-order valence-electron chi connectivity index (χ1n) is 16.7. The molecule has 5 nitrogen and oxygen atoms in total. The van der Waals surface area contributed by atoms with Gasteiger partial charge in [0, 0.05) is 0 Å². The molecule has 0 aromatic heterocycles. The molecule has 0 aliphatic heterocycles. The Balaban J connectivity index is 0. The lowest BCUT2D eigenvalue weighted by Gasteiger charge is -2.22. The number of phosphoric acid groups is 1. The molecule has 232 valence electrons. The van der Waals surface area contributed by atoms with Gasteiger partial charge in [-0.3, -0.25) is 4.57 Å². The van der Waals surface area contributed by atoms with Crippen LogP contribution in [0.15, 0.2) is 0 Å². The fraction of sp³-hybridized carbons (Fsp3) is 1.00. The summed E-state index contributed by atoms with van der Waals surface area (Å²) < 4.78 is 21.9. The normalized spacial score (nSPS) is 11.7. The van der Waals surface area contributed by atoms with E-state index in [0.717, 1.165) is 25.7 Å². The molecule has 38 heavy (non-hydrogen) atoms. The van der Waals surface area contributed by atoms with Gasteiger partial charge < -0.3 is 20.1 Å². The highest BCUT2D eigenvalue weighted by molar-refractivity contribution is 7.45. The van der Waals surface area contributed by atoms with Gasteiger partial charge in [-0.15, -0.1) is 0 Å². The second-order valence-corrected chi connectivity index (χ2v) is 12.7. The highest BCUT2D eigenvalue weighted by Gasteiger charge is 2.08. The fourth-order valence-electron chi connectivity index (χ4n) is 4.98. The third kappa shape index (κ3) is 34.1. The molecule has 0 spiro atoms. The monoisotopic (exact) mass is 564 g/mol. The van der Waals surface area contributed by atoms with Crippen LogP contribution in [-0.4, -0.2) is 13.2 Å². The zero-order valence-corrected chi connectivity index (χ0v) is 27.2. The molecule has 0 radical (unpaired) electrons. The van der Waals surface area contributed by atoms with Crippen LogP contribution in [0.2, 0.25) is 0 Å². The molecular formula is C32H70NO4P. The van der Waals surface area contributed by atoms with Crippen LogP contribution in [0.1, 0.15) is 194 Å². The first-order chi connectivity index (χ1) is 18.1. The summed E-state index contributed by atoms with van der Waals surface area (Å²) in [6.45, 7) is 5.06. The first kappa shape index (κ1) is 40.2. The van der Waals surface area contributed by atoms with Crippen molar-refractivity contribution < 1.29 is 18.5 Å². The maximum Gasteiger partial charge on any atom is 0.267 e. The molecule has 0 fully saturated rings. The molecule has 0 saturated heterocycles. The van der Waals surface area contributed by atoms with E-state index in [4.69, 9.17) is 9.05 Å². The minimum Gasteiger partial charge on any atom is -0.756 e. The Labute approximate surface area is 239 Å². The van der Waals surface area contributed by atoms with E-state index in [1.807, 2.05) is 0 Å². The van der Waals surface area contributed by atoms with E-state index in [2.05, 4.69) is 13.8 Å². The van der Waals surface area contributed by atoms with Gasteiger partial charge in [0.15, 0.2) is 0 Å². The summed E-state index contributed by atoms with van der Waals surface area (Å²) in [5.41, 5.74) is 0. The minimum atomic E-state index is -4.12. The Morgan fingerprint density at radius 2 is 0.579 bits per heavy atom. The van der Waals surface area contributed by atoms with Gasteiger partial charge in [-0.2, -0.15) is 0 Å². The van der Waals surface area contributed by atoms with Gasteiger partial charge in [0.2, 0.25) is 0 Å². The second-order valence-electron chi connectivity index (χ2n) is 11.3. The van der Waals surface area contributed by atoms with Crippen LogP contribution in [0.25, 0.3) is 0 Å². The van der Waals surface area contributed by atoms with Crippen molar-refractivity contribution in [2.75, 3.05) is 13.2 Å². The molecule has 4 N–H and O–H groups in total. The largest absolute Gasteiger partial charge is 0.756 e. The molecule has 0 rings (SSSR count). The lowest BCUT2D eigenvalue weighted by molar-refractivity contribution is -0.225. The van der Waals surface area contributed by atoms with Crippen LogP contribution in [-0.2, 0) is 13.6 Å². The number of phosphoric ester groups is 1. The molecule has 0 aromatic carbocycles. The molecule has 0 aliphatic rings. The maximum absolute atomic E-state index is 11.9. The average molecular weight is 564 g/mol. The summed E-state index contributed by atoms with van der Waals surface area (Å²) >= 11 is 0. The van der Waals surface area contributed by atoms with Gasteiger partial charge in [-0.05, 0) is 12.8 Å². The predicted octanol–water partition coefficient (Wildman–Crippen LogP) is 11.8. The molecular weight excluding hydrogens is 493 g/mol. The van der Waals surface area contributed by atoms with E-state index in [1.165, 1.54) is 154 Å². The molecule has 0 heterocycles. The maximum atomic E-state index is 11.9. The van der Waals surface area contributed by atoms with E-state index in [1.54, 1.807) is 0 Å². The molecule has 0 bridgehead atoms. The molecule has 0 atom stereocenters. The lowest BCUT2D eigenvalue weighted by atomic mass is 10.0. The first-order valence-corrected chi connectivity index (χ1v) is 18.2. The Kier molecular flexibility index (Phi) is 35.2. The van der Waals surface area contributed by atoms with Crippen LogP contribution in [0.4, 0.5) is 0 Å². The van der Waals surface area contributed by atoms with Gasteiger partial charge in [0.25, 0.3) is 7.82 Å². The minimum absolute atomic E-state index is 0. The van der Waals surface area contributed by atoms with Crippen molar-refractivity contribution in [1.29, 1.82) is 0 Å². The molecule has 0 unspecified atom stereocenters. The van der Waals surface area contributed by atoms with Crippen LogP contribution >= 0.6 is 7.82 Å². The summed E-state index contributed by atoms with van der Waals surface area (Å²) in [5.74, 6) is 0. The van der Waals surface area contributed by atoms with E-state index >= 15 is 0 Å². The molecule has 0 saturated carbocycles. The van der Waals surface area contributed by atoms with Crippen molar-refractivity contribution in [2.45, 2.75) is 194 Å². The van der Waals surface area contributed by atoms with E-state index in [0.29, 0.717) is 0 Å². The van der Waals surface area contributed by atoms with E-state index in [9.17, 15) is 9.46 Å². The standard InChI is InChI=1S/C32H67O4P.H3N/c1-3-5-7-9-11-13-15-17-19-21-23-25-27-29-31-35-37(33,34)36-32-30-28-26-24-22-20-18-16-14-12-10-8-6-4-2;/h3-32H2,1-2H3,(H,33,34);1H3. The second kappa shape index (κ2) is 33.3. The van der Waals surface area contributed by atoms with Crippen molar-refractivity contribution in [3.63, 3.8) is 0 Å². The fourth-order valence-corrected chi connectivity index (χ4v) is 5.76. The van der Waals surface area contributed by atoms with Crippen LogP contribution in [0.3, 0.4) is 0 Å². The number of rotatable bonds is 32. The number of hydrogen-bond acceptors (Lipinski definition) is 4. The summed E-state index contributed by atoms with van der Waals surface area (Å²) in [7, 11) is -4.12. The van der Waals surface area contributed by atoms with Crippen molar-refractivity contribution in [3.8, 4) is 0 Å². The number of hydrogen-bond donors (Lipinski definition) is 1. The SMILES string of the molecule is CCCCCCCCCCCCCCCCOP(=O)([O-])OCCCCCCCCCCCCCCCC.[NH4+]. The van der Waals surface area contributed by atoms with Gasteiger partial charge in [0.1, 0.15) is 0 Å². The smallest absolute Gasteiger partial charge is 0.267 e. The number of quaternary nitrogens is 1. The third-order valence-electron chi connectivity index (χ3n) is 7.49. The predicted molar refractivity (Wildman–Crippen MR) is 166 cm³/mol. The molecule has 0 aliphatic carbocycles. The van der Waals surface area contributed by atoms with Gasteiger partial charge in [-0.1, -0.05) is 181 Å².